The second-order valence-corrected chi connectivity index (χ2v) is 6.12. The number of hydrogen-bond acceptors (Lipinski definition) is 3. The lowest BCUT2D eigenvalue weighted by atomic mass is 9.79. The molecule has 1 aromatic rings. The van der Waals surface area contributed by atoms with E-state index < -0.39 is 5.41 Å². The van der Waals surface area contributed by atoms with Crippen molar-refractivity contribution in [3.05, 3.63) is 35.4 Å². The summed E-state index contributed by atoms with van der Waals surface area (Å²) in [5.41, 5.74) is 7.92. The molecule has 4 nitrogen and oxygen atoms in total. The van der Waals surface area contributed by atoms with Crippen molar-refractivity contribution in [3.8, 4) is 0 Å². The first-order valence-electron chi connectivity index (χ1n) is 7.70. The van der Waals surface area contributed by atoms with Gasteiger partial charge in [-0.05, 0) is 31.2 Å². The maximum absolute atomic E-state index is 12.5. The van der Waals surface area contributed by atoms with Gasteiger partial charge in [0.15, 0.2) is 0 Å². The van der Waals surface area contributed by atoms with E-state index in [4.69, 9.17) is 10.5 Å². The SMILES string of the molecule is Cc1cccc(C(C)CNC(=O)C2(CN)CCOCC2)c1.Cl. The van der Waals surface area contributed by atoms with Crippen molar-refractivity contribution < 1.29 is 9.53 Å². The van der Waals surface area contributed by atoms with Gasteiger partial charge in [-0.2, -0.15) is 0 Å². The molecule has 1 aliphatic rings. The molecule has 1 aliphatic heterocycles. The zero-order valence-electron chi connectivity index (χ0n) is 13.4. The molecule has 0 saturated carbocycles. The number of carbonyl (C=O) groups excluding carboxylic acids is 1. The Hall–Kier alpha value is -1.10. The van der Waals surface area contributed by atoms with Gasteiger partial charge < -0.3 is 15.8 Å². The van der Waals surface area contributed by atoms with Gasteiger partial charge in [0, 0.05) is 26.3 Å². The first-order valence-corrected chi connectivity index (χ1v) is 7.70. The Balaban J connectivity index is 0.00000242. The normalized spacial score (nSPS) is 18.1. The fourth-order valence-electron chi connectivity index (χ4n) is 2.81. The number of amides is 1. The van der Waals surface area contributed by atoms with Gasteiger partial charge in [-0.1, -0.05) is 36.8 Å². The Morgan fingerprint density at radius 3 is 2.68 bits per heavy atom. The van der Waals surface area contributed by atoms with Gasteiger partial charge in [0.2, 0.25) is 5.91 Å². The van der Waals surface area contributed by atoms with Crippen molar-refractivity contribution in [2.75, 3.05) is 26.3 Å². The summed E-state index contributed by atoms with van der Waals surface area (Å²) in [4.78, 5) is 12.5. The molecule has 1 aromatic carbocycles. The Labute approximate surface area is 139 Å². The highest BCUT2D eigenvalue weighted by Gasteiger charge is 2.38. The average Bonchev–Trinajstić information content (AvgIpc) is 2.52. The standard InChI is InChI=1S/C17H26N2O2.ClH/c1-13-4-3-5-15(10-13)14(2)11-19-16(20)17(12-18)6-8-21-9-7-17;/h3-5,10,14H,6-9,11-12,18H2,1-2H3,(H,19,20);1H. The van der Waals surface area contributed by atoms with E-state index in [2.05, 4.69) is 43.4 Å². The highest BCUT2D eigenvalue weighted by atomic mass is 35.5. The van der Waals surface area contributed by atoms with Gasteiger partial charge in [0.1, 0.15) is 0 Å². The predicted octanol–water partition coefficient (Wildman–Crippen LogP) is 2.39. The molecule has 1 unspecified atom stereocenters. The van der Waals surface area contributed by atoms with E-state index in [1.807, 2.05) is 0 Å². The number of aryl methyl sites for hydroxylation is 1. The van der Waals surface area contributed by atoms with Gasteiger partial charge in [-0.15, -0.1) is 12.4 Å². The Bertz CT molecular complexity index is 487. The molecular weight excluding hydrogens is 300 g/mol. The molecular formula is C17H27ClN2O2. The maximum Gasteiger partial charge on any atom is 0.227 e. The quantitative estimate of drug-likeness (QED) is 0.873. The molecule has 0 aliphatic carbocycles. The monoisotopic (exact) mass is 326 g/mol. The summed E-state index contributed by atoms with van der Waals surface area (Å²) in [5.74, 6) is 0.372. The van der Waals surface area contributed by atoms with Gasteiger partial charge in [-0.3, -0.25) is 4.79 Å². The van der Waals surface area contributed by atoms with Crippen molar-refractivity contribution in [1.82, 2.24) is 5.32 Å². The summed E-state index contributed by atoms with van der Waals surface area (Å²) < 4.78 is 5.35. The van der Waals surface area contributed by atoms with E-state index in [0.29, 0.717) is 45.1 Å². The topological polar surface area (TPSA) is 64.4 Å². The molecule has 3 N–H and O–H groups in total. The van der Waals surface area contributed by atoms with Gasteiger partial charge in [-0.25, -0.2) is 0 Å². The highest BCUT2D eigenvalue weighted by Crippen LogP contribution is 2.29. The zero-order valence-corrected chi connectivity index (χ0v) is 14.2. The van der Waals surface area contributed by atoms with Crippen molar-refractivity contribution in [1.29, 1.82) is 0 Å². The highest BCUT2D eigenvalue weighted by molar-refractivity contribution is 5.85. The summed E-state index contributed by atoms with van der Waals surface area (Å²) in [6.07, 6.45) is 1.43. The van der Waals surface area contributed by atoms with Crippen LogP contribution in [0.25, 0.3) is 0 Å². The zero-order chi connectivity index (χ0) is 15.3. The van der Waals surface area contributed by atoms with Crippen molar-refractivity contribution in [2.45, 2.75) is 32.6 Å². The minimum Gasteiger partial charge on any atom is -0.381 e. The smallest absolute Gasteiger partial charge is 0.227 e. The molecule has 1 amide bonds. The van der Waals surface area contributed by atoms with E-state index in [1.54, 1.807) is 0 Å². The van der Waals surface area contributed by atoms with Crippen LogP contribution in [0.1, 0.15) is 36.8 Å². The largest absolute Gasteiger partial charge is 0.381 e. The van der Waals surface area contributed by atoms with E-state index in [1.165, 1.54) is 11.1 Å². The van der Waals surface area contributed by atoms with Crippen LogP contribution in [0, 0.1) is 12.3 Å². The van der Waals surface area contributed by atoms with Crippen LogP contribution >= 0.6 is 12.4 Å². The van der Waals surface area contributed by atoms with Crippen molar-refractivity contribution >= 4 is 18.3 Å². The number of halogens is 1. The number of benzene rings is 1. The third kappa shape index (κ3) is 4.45. The molecule has 1 atom stereocenters. The number of carbonyl (C=O) groups is 1. The molecule has 0 bridgehead atoms. The summed E-state index contributed by atoms with van der Waals surface area (Å²) in [7, 11) is 0. The summed E-state index contributed by atoms with van der Waals surface area (Å²) in [6.45, 7) is 6.50. The molecule has 0 radical (unpaired) electrons. The minimum atomic E-state index is -0.440. The molecule has 1 fully saturated rings. The lowest BCUT2D eigenvalue weighted by Gasteiger charge is -2.34. The van der Waals surface area contributed by atoms with Crippen LogP contribution < -0.4 is 11.1 Å². The van der Waals surface area contributed by atoms with Crippen molar-refractivity contribution in [2.24, 2.45) is 11.1 Å². The molecule has 2 rings (SSSR count). The average molecular weight is 327 g/mol. The first kappa shape index (κ1) is 18.9. The second kappa shape index (κ2) is 8.51. The summed E-state index contributed by atoms with van der Waals surface area (Å²) >= 11 is 0. The molecule has 0 aromatic heterocycles. The summed E-state index contributed by atoms with van der Waals surface area (Å²) in [6, 6.07) is 8.42. The number of nitrogens with two attached hydrogens (primary N) is 1. The number of rotatable bonds is 5. The van der Waals surface area contributed by atoms with Crippen LogP contribution in [-0.4, -0.2) is 32.2 Å². The molecule has 0 spiro atoms. The van der Waals surface area contributed by atoms with Crippen LogP contribution in [0.4, 0.5) is 0 Å². The number of hydrogen-bond donors (Lipinski definition) is 2. The fourth-order valence-corrected chi connectivity index (χ4v) is 2.81. The Kier molecular flexibility index (Phi) is 7.33. The molecule has 1 heterocycles. The molecule has 124 valence electrons. The van der Waals surface area contributed by atoms with Crippen molar-refractivity contribution in [3.63, 3.8) is 0 Å². The van der Waals surface area contributed by atoms with E-state index in [0.717, 1.165) is 0 Å². The lowest BCUT2D eigenvalue weighted by Crippen LogP contribution is -2.49. The third-order valence-electron chi connectivity index (χ3n) is 4.50. The first-order chi connectivity index (χ1) is 10.1. The fraction of sp³-hybridized carbons (Fsp3) is 0.588. The van der Waals surface area contributed by atoms with E-state index >= 15 is 0 Å². The molecule has 22 heavy (non-hydrogen) atoms. The number of ether oxygens (including phenoxy) is 1. The van der Waals surface area contributed by atoms with Gasteiger partial charge >= 0.3 is 0 Å². The lowest BCUT2D eigenvalue weighted by molar-refractivity contribution is -0.135. The summed E-state index contributed by atoms with van der Waals surface area (Å²) in [5, 5.41) is 3.09. The van der Waals surface area contributed by atoms with Gasteiger partial charge in [0.05, 0.1) is 5.41 Å². The van der Waals surface area contributed by atoms with Crippen LogP contribution in [0.3, 0.4) is 0 Å². The van der Waals surface area contributed by atoms with E-state index in [9.17, 15) is 4.79 Å². The van der Waals surface area contributed by atoms with Crippen LogP contribution in [0.2, 0.25) is 0 Å². The van der Waals surface area contributed by atoms with Crippen LogP contribution in [0.15, 0.2) is 24.3 Å². The predicted molar refractivity (Wildman–Crippen MR) is 91.4 cm³/mol. The maximum atomic E-state index is 12.5. The van der Waals surface area contributed by atoms with Gasteiger partial charge in [0.25, 0.3) is 0 Å². The second-order valence-electron chi connectivity index (χ2n) is 6.12. The van der Waals surface area contributed by atoms with E-state index in [-0.39, 0.29) is 18.3 Å². The van der Waals surface area contributed by atoms with Crippen LogP contribution in [0.5, 0.6) is 0 Å². The Morgan fingerprint density at radius 2 is 2.09 bits per heavy atom. The molecule has 1 saturated heterocycles. The molecule has 5 heteroatoms. The minimum absolute atomic E-state index is 0. The van der Waals surface area contributed by atoms with Crippen LogP contribution in [-0.2, 0) is 9.53 Å². The number of nitrogens with one attached hydrogen (secondary N) is 1. The Morgan fingerprint density at radius 1 is 1.41 bits per heavy atom. The third-order valence-corrected chi connectivity index (χ3v) is 4.50.